The maximum absolute atomic E-state index is 14.0. The quantitative estimate of drug-likeness (QED) is 0.876. The van der Waals surface area contributed by atoms with Gasteiger partial charge in [-0.2, -0.15) is 0 Å². The Kier molecular flexibility index (Phi) is 3.60. The summed E-state index contributed by atoms with van der Waals surface area (Å²) in [4.78, 5) is 14.4. The molecule has 4 heteroatoms. The number of benzene rings is 2. The van der Waals surface area contributed by atoms with E-state index >= 15 is 0 Å². The fourth-order valence-corrected chi connectivity index (χ4v) is 2.39. The maximum Gasteiger partial charge on any atom is 0.257 e. The van der Waals surface area contributed by atoms with Crippen molar-refractivity contribution >= 4 is 11.6 Å². The van der Waals surface area contributed by atoms with Crippen LogP contribution in [0.4, 0.5) is 10.1 Å². The highest BCUT2D eigenvalue weighted by atomic mass is 19.1. The number of hydrogen-bond acceptors (Lipinski definition) is 2. The molecule has 1 amide bonds. The molecular formula is C17H17FN2O. The lowest BCUT2D eigenvalue weighted by Crippen LogP contribution is -2.33. The van der Waals surface area contributed by atoms with Crippen LogP contribution in [0.5, 0.6) is 0 Å². The molecule has 0 saturated heterocycles. The van der Waals surface area contributed by atoms with E-state index in [1.54, 1.807) is 11.0 Å². The number of rotatable bonds is 4. The van der Waals surface area contributed by atoms with Crippen LogP contribution in [-0.4, -0.2) is 16.8 Å². The Hall–Kier alpha value is -2.36. The molecule has 0 atom stereocenters. The van der Waals surface area contributed by atoms with Crippen molar-refractivity contribution in [2.45, 2.75) is 25.4 Å². The first-order valence-electron chi connectivity index (χ1n) is 7.05. The smallest absolute Gasteiger partial charge is 0.257 e. The highest BCUT2D eigenvalue weighted by Crippen LogP contribution is 2.30. The fraction of sp³-hybridized carbons (Fsp3) is 0.235. The summed E-state index contributed by atoms with van der Waals surface area (Å²) in [6.07, 6.45) is 1.96. The summed E-state index contributed by atoms with van der Waals surface area (Å²) in [5.41, 5.74) is 7.00. The van der Waals surface area contributed by atoms with Crippen LogP contribution in [0.25, 0.3) is 0 Å². The second-order valence-electron chi connectivity index (χ2n) is 5.39. The summed E-state index contributed by atoms with van der Waals surface area (Å²) < 4.78 is 14.0. The van der Waals surface area contributed by atoms with Crippen molar-refractivity contribution in [1.29, 1.82) is 0 Å². The van der Waals surface area contributed by atoms with E-state index in [1.807, 2.05) is 30.3 Å². The molecule has 3 nitrogen and oxygen atoms in total. The van der Waals surface area contributed by atoms with Crippen LogP contribution in [0.15, 0.2) is 48.5 Å². The molecule has 2 aromatic carbocycles. The average molecular weight is 284 g/mol. The van der Waals surface area contributed by atoms with Gasteiger partial charge in [0, 0.05) is 18.3 Å². The molecule has 0 aromatic heterocycles. The van der Waals surface area contributed by atoms with Crippen molar-refractivity contribution in [1.82, 2.24) is 4.90 Å². The molecule has 2 aromatic rings. The molecule has 0 unspecified atom stereocenters. The van der Waals surface area contributed by atoms with Gasteiger partial charge in [0.05, 0.1) is 5.56 Å². The van der Waals surface area contributed by atoms with Gasteiger partial charge in [0.25, 0.3) is 5.91 Å². The zero-order chi connectivity index (χ0) is 14.8. The van der Waals surface area contributed by atoms with E-state index in [0.29, 0.717) is 12.2 Å². The van der Waals surface area contributed by atoms with Crippen LogP contribution in [0.2, 0.25) is 0 Å². The van der Waals surface area contributed by atoms with Gasteiger partial charge in [-0.1, -0.05) is 30.3 Å². The van der Waals surface area contributed by atoms with Gasteiger partial charge in [-0.15, -0.1) is 0 Å². The molecule has 108 valence electrons. The van der Waals surface area contributed by atoms with Gasteiger partial charge in [0.2, 0.25) is 0 Å². The Labute approximate surface area is 123 Å². The summed E-state index contributed by atoms with van der Waals surface area (Å²) in [7, 11) is 0. The Bertz CT molecular complexity index is 653. The van der Waals surface area contributed by atoms with Gasteiger partial charge in [0.15, 0.2) is 0 Å². The fourth-order valence-electron chi connectivity index (χ4n) is 2.39. The molecular weight excluding hydrogens is 267 g/mol. The summed E-state index contributed by atoms with van der Waals surface area (Å²) in [6.45, 7) is 0.508. The molecule has 0 aliphatic heterocycles. The molecule has 1 saturated carbocycles. The minimum Gasteiger partial charge on any atom is -0.399 e. The number of nitrogens with zero attached hydrogens (tertiary/aromatic N) is 1. The lowest BCUT2D eigenvalue weighted by atomic mass is 10.1. The number of nitrogens with two attached hydrogens (primary N) is 1. The standard InChI is InChI=1S/C17H17FN2O/c18-16-10-13(19)6-9-15(16)17(21)20(14-7-8-14)11-12-4-2-1-3-5-12/h1-6,9-10,14H,7-8,11,19H2. The van der Waals surface area contributed by atoms with Crippen molar-refractivity contribution in [2.75, 3.05) is 5.73 Å². The van der Waals surface area contributed by atoms with E-state index in [0.717, 1.165) is 18.4 Å². The number of carbonyl (C=O) groups excluding carboxylic acids is 1. The molecule has 0 spiro atoms. The van der Waals surface area contributed by atoms with Gasteiger partial charge in [0.1, 0.15) is 5.82 Å². The molecule has 0 radical (unpaired) electrons. The van der Waals surface area contributed by atoms with Crippen molar-refractivity contribution in [3.63, 3.8) is 0 Å². The molecule has 3 rings (SSSR count). The number of hydrogen-bond donors (Lipinski definition) is 1. The van der Waals surface area contributed by atoms with Gasteiger partial charge in [-0.3, -0.25) is 4.79 Å². The summed E-state index contributed by atoms with van der Waals surface area (Å²) in [6, 6.07) is 14.2. The molecule has 2 N–H and O–H groups in total. The Balaban J connectivity index is 1.85. The molecule has 1 aliphatic rings. The zero-order valence-electron chi connectivity index (χ0n) is 11.6. The Morgan fingerprint density at radius 1 is 1.19 bits per heavy atom. The van der Waals surface area contributed by atoms with Crippen molar-refractivity contribution in [3.8, 4) is 0 Å². The van der Waals surface area contributed by atoms with E-state index < -0.39 is 5.82 Å². The van der Waals surface area contributed by atoms with E-state index in [4.69, 9.17) is 5.73 Å². The summed E-state index contributed by atoms with van der Waals surface area (Å²) in [5, 5.41) is 0. The van der Waals surface area contributed by atoms with Crippen molar-refractivity contribution < 1.29 is 9.18 Å². The maximum atomic E-state index is 14.0. The summed E-state index contributed by atoms with van der Waals surface area (Å²) in [5.74, 6) is -0.822. The normalized spacial score (nSPS) is 14.0. The van der Waals surface area contributed by atoms with Gasteiger partial charge >= 0.3 is 0 Å². The minimum absolute atomic E-state index is 0.0898. The number of halogens is 1. The van der Waals surface area contributed by atoms with Gasteiger partial charge in [-0.05, 0) is 36.6 Å². The third-order valence-corrected chi connectivity index (χ3v) is 3.67. The second kappa shape index (κ2) is 5.56. The Morgan fingerprint density at radius 3 is 2.52 bits per heavy atom. The average Bonchev–Trinajstić information content (AvgIpc) is 3.30. The van der Waals surface area contributed by atoms with Crippen molar-refractivity contribution in [3.05, 3.63) is 65.5 Å². The van der Waals surface area contributed by atoms with E-state index in [9.17, 15) is 9.18 Å². The largest absolute Gasteiger partial charge is 0.399 e. The third kappa shape index (κ3) is 3.05. The monoisotopic (exact) mass is 284 g/mol. The first kappa shape index (κ1) is 13.6. The first-order valence-corrected chi connectivity index (χ1v) is 7.05. The zero-order valence-corrected chi connectivity index (χ0v) is 11.6. The van der Waals surface area contributed by atoms with Crippen LogP contribution < -0.4 is 5.73 Å². The molecule has 0 heterocycles. The lowest BCUT2D eigenvalue weighted by molar-refractivity contribution is 0.0725. The van der Waals surface area contributed by atoms with E-state index in [2.05, 4.69) is 0 Å². The van der Waals surface area contributed by atoms with Crippen LogP contribution in [-0.2, 0) is 6.54 Å². The minimum atomic E-state index is -0.557. The molecule has 1 aliphatic carbocycles. The number of amides is 1. The lowest BCUT2D eigenvalue weighted by Gasteiger charge is -2.23. The van der Waals surface area contributed by atoms with E-state index in [1.165, 1.54) is 12.1 Å². The summed E-state index contributed by atoms with van der Waals surface area (Å²) >= 11 is 0. The number of anilines is 1. The predicted molar refractivity (Wildman–Crippen MR) is 80.1 cm³/mol. The van der Waals surface area contributed by atoms with Gasteiger partial charge in [-0.25, -0.2) is 4.39 Å². The SMILES string of the molecule is Nc1ccc(C(=O)N(Cc2ccccc2)C2CC2)c(F)c1. The third-order valence-electron chi connectivity index (χ3n) is 3.67. The highest BCUT2D eigenvalue weighted by Gasteiger charge is 2.33. The van der Waals surface area contributed by atoms with Gasteiger partial charge < -0.3 is 10.6 Å². The molecule has 21 heavy (non-hydrogen) atoms. The highest BCUT2D eigenvalue weighted by molar-refractivity contribution is 5.95. The van der Waals surface area contributed by atoms with Crippen molar-refractivity contribution in [2.24, 2.45) is 0 Å². The van der Waals surface area contributed by atoms with Crippen LogP contribution in [0.3, 0.4) is 0 Å². The van der Waals surface area contributed by atoms with Crippen LogP contribution >= 0.6 is 0 Å². The molecule has 1 fully saturated rings. The topological polar surface area (TPSA) is 46.3 Å². The first-order chi connectivity index (χ1) is 10.1. The number of carbonyl (C=O) groups is 1. The van der Waals surface area contributed by atoms with Crippen LogP contribution in [0, 0.1) is 5.82 Å². The predicted octanol–water partition coefficient (Wildman–Crippen LogP) is 3.21. The number of nitrogen functional groups attached to an aromatic ring is 1. The van der Waals surface area contributed by atoms with E-state index in [-0.39, 0.29) is 17.5 Å². The molecule has 0 bridgehead atoms. The van der Waals surface area contributed by atoms with Crippen LogP contribution in [0.1, 0.15) is 28.8 Å². The Morgan fingerprint density at radius 2 is 1.90 bits per heavy atom. The second-order valence-corrected chi connectivity index (χ2v) is 5.39.